The molecule has 0 unspecified atom stereocenters. The normalized spacial score (nSPS) is 25.8. The molecule has 4 aliphatic heterocycles. The van der Waals surface area contributed by atoms with E-state index in [9.17, 15) is 28.4 Å². The van der Waals surface area contributed by atoms with Crippen LogP contribution in [0.5, 0.6) is 5.88 Å². The maximum Gasteiger partial charge on any atom is 0.293 e. The Balaban J connectivity index is 0.886. The molecule has 18 heteroatoms. The molecule has 5 aromatic rings. The van der Waals surface area contributed by atoms with Crippen LogP contribution >= 0.6 is 0 Å². The van der Waals surface area contributed by atoms with E-state index >= 15 is 4.39 Å². The van der Waals surface area contributed by atoms with Crippen molar-refractivity contribution in [3.63, 3.8) is 0 Å². The molecular weight excluding hydrogens is 904 g/mol. The molecule has 2 aliphatic carbocycles. The predicted molar refractivity (Wildman–Crippen MR) is 259 cm³/mol. The van der Waals surface area contributed by atoms with Gasteiger partial charge in [0.1, 0.15) is 28.9 Å². The first-order valence-electron chi connectivity index (χ1n) is 24.4. The zero-order valence-electron chi connectivity index (χ0n) is 39.0. The minimum Gasteiger partial charge on any atom is -0.468 e. The standard InChI is InChI=1S/C51H59FN8O8S/c1-31-7-3-4-8-36(31)41-9-5-6-19-58(41)34-24-51(25-34)29-57(30-51)33-10-12-37(43(21-33)59-42-16-20-67-28-46(42)68-49-45(59)23-38-39(52)27-54-47(38)55-49)48(61)56-69(65,66)35-11-13-40(44(22-35)60(63)64)53-26-32-14-17-50(2,62)18-15-32/h3-4,7-8,10-13,21-23,27,32,34,41-42,46,53,62H,5-6,9,14-20,24-26,28-30H2,1-2H3,(H,54,55)(H,56,61)/t32-,41-,42+,46+,50-/m1/s1. The molecule has 0 radical (unpaired) electrons. The van der Waals surface area contributed by atoms with Gasteiger partial charge in [0, 0.05) is 61.7 Å². The van der Waals surface area contributed by atoms with E-state index in [0.717, 1.165) is 63.5 Å². The molecule has 3 atom stereocenters. The van der Waals surface area contributed by atoms with Gasteiger partial charge in [-0.1, -0.05) is 30.7 Å². The van der Waals surface area contributed by atoms with Gasteiger partial charge < -0.3 is 34.7 Å². The molecule has 16 nitrogen and oxygen atoms in total. The summed E-state index contributed by atoms with van der Waals surface area (Å²) in [5.74, 6) is -1.06. The minimum absolute atomic E-state index is 0.0283. The summed E-state index contributed by atoms with van der Waals surface area (Å²) in [6.45, 7) is 7.82. The number of amides is 1. The van der Waals surface area contributed by atoms with E-state index < -0.39 is 55.0 Å². The molecule has 3 saturated heterocycles. The van der Waals surface area contributed by atoms with E-state index in [2.05, 4.69) is 61.0 Å². The zero-order valence-corrected chi connectivity index (χ0v) is 39.8. The average molecular weight is 963 g/mol. The van der Waals surface area contributed by atoms with E-state index in [-0.39, 0.29) is 46.1 Å². The average Bonchev–Trinajstić information content (AvgIpc) is 3.67. The monoisotopic (exact) mass is 962 g/mol. The van der Waals surface area contributed by atoms with Crippen LogP contribution < -0.4 is 24.6 Å². The third-order valence-corrected chi connectivity index (χ3v) is 17.3. The van der Waals surface area contributed by atoms with Gasteiger partial charge in [0.05, 0.1) is 44.7 Å². The van der Waals surface area contributed by atoms with Crippen LogP contribution in [0.1, 0.15) is 98.7 Å². The largest absolute Gasteiger partial charge is 0.468 e. The first-order chi connectivity index (χ1) is 33.1. The number of halogens is 1. The summed E-state index contributed by atoms with van der Waals surface area (Å²) in [5.41, 5.74) is 3.88. The molecule has 6 aliphatic rings. The van der Waals surface area contributed by atoms with Gasteiger partial charge in [-0.15, -0.1) is 0 Å². The van der Waals surface area contributed by atoms with Crippen LogP contribution in [0, 0.1) is 34.2 Å². The molecule has 2 aromatic heterocycles. The quantitative estimate of drug-likeness (QED) is 0.0730. The Kier molecular flexibility index (Phi) is 11.6. The summed E-state index contributed by atoms with van der Waals surface area (Å²) in [6.07, 6.45) is 9.73. The Hall–Kier alpha value is -5.82. The number of fused-ring (bicyclic) bond motifs is 3. The topological polar surface area (TPSA) is 196 Å². The predicted octanol–water partition coefficient (Wildman–Crippen LogP) is 8.27. The van der Waals surface area contributed by atoms with Gasteiger partial charge in [0.25, 0.3) is 21.6 Å². The number of aromatic nitrogens is 2. The molecule has 4 N–H and O–H groups in total. The van der Waals surface area contributed by atoms with Crippen molar-refractivity contribution in [2.24, 2.45) is 11.3 Å². The van der Waals surface area contributed by atoms with Crippen LogP contribution in [0.3, 0.4) is 0 Å². The van der Waals surface area contributed by atoms with Crippen molar-refractivity contribution in [1.82, 2.24) is 19.6 Å². The van der Waals surface area contributed by atoms with Gasteiger partial charge in [-0.2, -0.15) is 4.98 Å². The van der Waals surface area contributed by atoms with Crippen molar-refractivity contribution in [1.29, 1.82) is 0 Å². The highest BCUT2D eigenvalue weighted by molar-refractivity contribution is 7.90. The Morgan fingerprint density at radius 3 is 2.61 bits per heavy atom. The molecule has 6 heterocycles. The van der Waals surface area contributed by atoms with Crippen LogP contribution in [0.2, 0.25) is 0 Å². The Bertz CT molecular complexity index is 2920. The van der Waals surface area contributed by atoms with Crippen molar-refractivity contribution in [3.8, 4) is 5.88 Å². The van der Waals surface area contributed by atoms with Crippen molar-refractivity contribution in [3.05, 3.63) is 106 Å². The number of likely N-dealkylation sites (tertiary alicyclic amines) is 1. The molecule has 69 heavy (non-hydrogen) atoms. The number of nitro benzene ring substituents is 1. The maximum absolute atomic E-state index is 15.3. The summed E-state index contributed by atoms with van der Waals surface area (Å²) in [6, 6.07) is 19.8. The SMILES string of the molecule is Cc1ccccc1[C@H]1CCCCN1C1CC2(C1)CN(c1ccc(C(=O)NS(=O)(=O)c3ccc(NC[C@H]4CC[C@](C)(O)CC4)c([N+](=O)[O-])c3)c(N3c4cc5c(F)c[nH]c5nc4O[C@H]4COCC[C@@H]43)c1)C2. The second-order valence-corrected chi connectivity index (χ2v) is 22.4. The first kappa shape index (κ1) is 45.6. The van der Waals surface area contributed by atoms with Crippen LogP contribution in [-0.4, -0.2) is 102 Å². The van der Waals surface area contributed by atoms with Crippen molar-refractivity contribution >= 4 is 55.4 Å². The smallest absolute Gasteiger partial charge is 0.293 e. The first-order valence-corrected chi connectivity index (χ1v) is 25.9. The number of H-pyrrole nitrogens is 1. The number of nitrogens with zero attached hydrogens (tertiary/aromatic N) is 5. The molecule has 2 saturated carbocycles. The van der Waals surface area contributed by atoms with Crippen molar-refractivity contribution in [2.45, 2.75) is 113 Å². The lowest BCUT2D eigenvalue weighted by molar-refractivity contribution is -0.384. The van der Waals surface area contributed by atoms with Crippen molar-refractivity contribution in [2.75, 3.05) is 54.5 Å². The zero-order chi connectivity index (χ0) is 47.8. The molecule has 5 fully saturated rings. The number of hydrogen-bond acceptors (Lipinski definition) is 13. The van der Waals surface area contributed by atoms with Crippen LogP contribution in [0.15, 0.2) is 77.8 Å². The van der Waals surface area contributed by atoms with E-state index in [0.29, 0.717) is 55.9 Å². The molecular formula is C51H59FN8O8S. The van der Waals surface area contributed by atoms with Gasteiger partial charge in [0.2, 0.25) is 5.88 Å². The van der Waals surface area contributed by atoms with Gasteiger partial charge in [0.15, 0.2) is 0 Å². The fourth-order valence-electron chi connectivity index (χ4n) is 12.1. The number of nitrogens with one attached hydrogen (secondary N) is 3. The number of aryl methyl sites for hydroxylation is 1. The maximum atomic E-state index is 15.3. The Labute approximate surface area is 400 Å². The number of carbonyl (C=O) groups is 1. The summed E-state index contributed by atoms with van der Waals surface area (Å²) < 4.78 is 58.0. The molecule has 1 spiro atoms. The lowest BCUT2D eigenvalue weighted by atomic mass is 9.59. The number of sulfonamides is 1. The second-order valence-electron chi connectivity index (χ2n) is 20.7. The molecule has 11 rings (SSSR count). The number of carbonyl (C=O) groups excluding carboxylic acids is 1. The third kappa shape index (κ3) is 8.56. The summed E-state index contributed by atoms with van der Waals surface area (Å²) in [4.78, 5) is 40.3. The van der Waals surface area contributed by atoms with Gasteiger partial charge in [-0.05, 0) is 132 Å². The van der Waals surface area contributed by atoms with Gasteiger partial charge >= 0.3 is 0 Å². The second kappa shape index (κ2) is 17.5. The number of ether oxygens (including phenoxy) is 2. The fraction of sp³-hybridized carbons (Fsp3) is 0.490. The highest BCUT2D eigenvalue weighted by Crippen LogP contribution is 2.55. The highest BCUT2D eigenvalue weighted by Gasteiger charge is 2.55. The van der Waals surface area contributed by atoms with E-state index in [4.69, 9.17) is 9.47 Å². The fourth-order valence-corrected chi connectivity index (χ4v) is 13.1. The summed E-state index contributed by atoms with van der Waals surface area (Å²) >= 11 is 0. The number of rotatable bonds is 11. The van der Waals surface area contributed by atoms with Crippen LogP contribution in [-0.2, 0) is 14.8 Å². The number of nitro groups is 1. The van der Waals surface area contributed by atoms with Crippen LogP contribution in [0.4, 0.5) is 32.8 Å². The highest BCUT2D eigenvalue weighted by atomic mass is 32.2. The van der Waals surface area contributed by atoms with Crippen LogP contribution in [0.25, 0.3) is 11.0 Å². The summed E-state index contributed by atoms with van der Waals surface area (Å²) in [5, 5.41) is 26.1. The number of piperidine rings is 1. The lowest BCUT2D eigenvalue weighted by Crippen LogP contribution is -2.67. The molecule has 364 valence electrons. The van der Waals surface area contributed by atoms with Gasteiger partial charge in [-0.3, -0.25) is 19.8 Å². The van der Waals surface area contributed by atoms with E-state index in [1.165, 1.54) is 42.3 Å². The van der Waals surface area contributed by atoms with Gasteiger partial charge in [-0.25, -0.2) is 17.5 Å². The number of aromatic amines is 1. The minimum atomic E-state index is -4.66. The van der Waals surface area contributed by atoms with E-state index in [1.807, 2.05) is 17.0 Å². The Morgan fingerprint density at radius 2 is 1.83 bits per heavy atom. The molecule has 0 bridgehead atoms. The number of aliphatic hydroxyl groups is 1. The van der Waals surface area contributed by atoms with E-state index in [1.54, 1.807) is 19.1 Å². The van der Waals surface area contributed by atoms with Crippen molar-refractivity contribution < 1.29 is 37.1 Å². The Morgan fingerprint density at radius 1 is 1.03 bits per heavy atom. The molecule has 3 aromatic carbocycles. The summed E-state index contributed by atoms with van der Waals surface area (Å²) in [7, 11) is -4.66. The number of hydrogen-bond donors (Lipinski definition) is 4. The number of benzene rings is 3. The number of pyridine rings is 1. The lowest BCUT2D eigenvalue weighted by Gasteiger charge is -2.63. The number of anilines is 4. The molecule has 1 amide bonds. The third-order valence-electron chi connectivity index (χ3n) is 16.0.